The Bertz CT molecular complexity index is 966. The molecule has 4 rings (SSSR count). The van der Waals surface area contributed by atoms with E-state index in [1.54, 1.807) is 6.92 Å². The first-order chi connectivity index (χ1) is 11.4. The molecule has 1 aromatic heterocycles. The average Bonchev–Trinajstić information content (AvgIpc) is 3.00. The van der Waals surface area contributed by atoms with Gasteiger partial charge in [-0.1, -0.05) is 18.2 Å². The molecule has 0 bridgehead atoms. The molecule has 7 heteroatoms. The van der Waals surface area contributed by atoms with Crippen molar-refractivity contribution in [2.75, 3.05) is 5.32 Å². The van der Waals surface area contributed by atoms with Crippen molar-refractivity contribution < 1.29 is 23.0 Å². The first kappa shape index (κ1) is 14.5. The van der Waals surface area contributed by atoms with Crippen LogP contribution in [0, 0.1) is 6.92 Å². The highest BCUT2D eigenvalue weighted by Gasteiger charge is 2.43. The summed E-state index contributed by atoms with van der Waals surface area (Å²) in [6.45, 7) is 1.80. The quantitative estimate of drug-likeness (QED) is 0.745. The van der Waals surface area contributed by atoms with E-state index in [2.05, 4.69) is 19.8 Å². The lowest BCUT2D eigenvalue weighted by Gasteiger charge is -2.06. The lowest BCUT2D eigenvalue weighted by Crippen LogP contribution is -2.25. The second-order valence-corrected chi connectivity index (χ2v) is 5.45. The fraction of sp³-hybridized carbons (Fsp3) is 0.118. The third kappa shape index (κ3) is 2.34. The summed E-state index contributed by atoms with van der Waals surface area (Å²) in [5, 5.41) is 3.49. The van der Waals surface area contributed by atoms with Gasteiger partial charge in [0.05, 0.1) is 5.56 Å². The van der Waals surface area contributed by atoms with Gasteiger partial charge >= 0.3 is 6.29 Å². The molecule has 24 heavy (non-hydrogen) atoms. The summed E-state index contributed by atoms with van der Waals surface area (Å²) in [6, 6.07) is 11.5. The highest BCUT2D eigenvalue weighted by molar-refractivity contribution is 6.14. The fourth-order valence-corrected chi connectivity index (χ4v) is 2.79. The third-order valence-corrected chi connectivity index (χ3v) is 3.78. The van der Waals surface area contributed by atoms with Crippen LogP contribution >= 0.6 is 0 Å². The molecule has 5 nitrogen and oxygen atoms in total. The number of benzene rings is 2. The normalized spacial score (nSPS) is 14.8. The lowest BCUT2D eigenvalue weighted by atomic mass is 10.1. The second kappa shape index (κ2) is 4.95. The maximum atomic E-state index is 13.0. The lowest BCUT2D eigenvalue weighted by molar-refractivity contribution is -0.286. The minimum absolute atomic E-state index is 0.0683. The van der Waals surface area contributed by atoms with E-state index in [4.69, 9.17) is 0 Å². The molecule has 2 N–H and O–H groups in total. The minimum Gasteiger partial charge on any atom is -0.395 e. The van der Waals surface area contributed by atoms with Crippen molar-refractivity contribution in [1.82, 2.24) is 4.98 Å². The maximum Gasteiger partial charge on any atom is 0.586 e. The van der Waals surface area contributed by atoms with E-state index in [1.807, 2.05) is 24.3 Å². The Hall–Kier alpha value is -3.09. The molecular formula is C17H12F2N2O3. The molecule has 2 aromatic carbocycles. The number of hydrogen-bond donors (Lipinski definition) is 2. The molecule has 0 radical (unpaired) electrons. The Balaban J connectivity index is 1.64. The van der Waals surface area contributed by atoms with Crippen LogP contribution in [0.1, 0.15) is 16.1 Å². The number of ether oxygens (including phenoxy) is 2. The highest BCUT2D eigenvalue weighted by atomic mass is 19.3. The molecule has 2 heterocycles. The van der Waals surface area contributed by atoms with Gasteiger partial charge in [0.2, 0.25) is 0 Å². The first-order valence-electron chi connectivity index (χ1n) is 7.21. The summed E-state index contributed by atoms with van der Waals surface area (Å²) < 4.78 is 34.8. The Kier molecular flexibility index (Phi) is 2.99. The van der Waals surface area contributed by atoms with Crippen LogP contribution in [0.25, 0.3) is 10.9 Å². The van der Waals surface area contributed by atoms with Crippen molar-refractivity contribution in [3.63, 3.8) is 0 Å². The third-order valence-electron chi connectivity index (χ3n) is 3.78. The smallest absolute Gasteiger partial charge is 0.395 e. The number of hydrogen-bond acceptors (Lipinski definition) is 3. The van der Waals surface area contributed by atoms with E-state index in [0.29, 0.717) is 11.3 Å². The number of alkyl halides is 2. The van der Waals surface area contributed by atoms with Crippen LogP contribution in [-0.2, 0) is 0 Å². The Labute approximate surface area is 135 Å². The summed E-state index contributed by atoms with van der Waals surface area (Å²) in [5.41, 5.74) is 2.42. The average molecular weight is 330 g/mol. The summed E-state index contributed by atoms with van der Waals surface area (Å²) in [6.07, 6.45) is -3.68. The van der Waals surface area contributed by atoms with Gasteiger partial charge in [-0.05, 0) is 25.1 Å². The molecule has 122 valence electrons. The molecule has 0 aliphatic carbocycles. The van der Waals surface area contributed by atoms with Gasteiger partial charge < -0.3 is 19.8 Å². The molecular weight excluding hydrogens is 318 g/mol. The predicted octanol–water partition coefficient (Wildman–Crippen LogP) is 4.05. The number of aromatic amines is 1. The number of para-hydroxylation sites is 1. The van der Waals surface area contributed by atoms with Crippen LogP contribution in [0.5, 0.6) is 11.5 Å². The second-order valence-electron chi connectivity index (χ2n) is 5.45. The number of aromatic nitrogens is 1. The van der Waals surface area contributed by atoms with Gasteiger partial charge in [-0.15, -0.1) is 8.78 Å². The molecule has 0 fully saturated rings. The monoisotopic (exact) mass is 330 g/mol. The number of nitrogens with one attached hydrogen (secondary N) is 2. The Morgan fingerprint density at radius 3 is 2.71 bits per heavy atom. The van der Waals surface area contributed by atoms with E-state index in [-0.39, 0.29) is 17.4 Å². The molecule has 0 unspecified atom stereocenters. The zero-order valence-corrected chi connectivity index (χ0v) is 12.5. The number of anilines is 1. The minimum atomic E-state index is -3.68. The number of rotatable bonds is 2. The molecule has 1 aliphatic heterocycles. The topological polar surface area (TPSA) is 63.4 Å². The Morgan fingerprint density at radius 1 is 1.12 bits per heavy atom. The van der Waals surface area contributed by atoms with Gasteiger partial charge in [0.15, 0.2) is 11.5 Å². The maximum absolute atomic E-state index is 13.0. The van der Waals surface area contributed by atoms with Crippen molar-refractivity contribution in [2.45, 2.75) is 13.2 Å². The molecule has 1 aliphatic rings. The molecule has 0 atom stereocenters. The number of carbonyl (C=O) groups is 1. The van der Waals surface area contributed by atoms with Gasteiger partial charge in [-0.25, -0.2) is 0 Å². The summed E-state index contributed by atoms with van der Waals surface area (Å²) in [7, 11) is 0. The SMILES string of the molecule is Cc1[nH]c2ccccc2c1C(=O)Nc1ccc2c(c1)OC(F)(F)O2. The zero-order chi connectivity index (χ0) is 16.9. The molecule has 1 amide bonds. The van der Waals surface area contributed by atoms with Crippen molar-refractivity contribution in [2.24, 2.45) is 0 Å². The summed E-state index contributed by atoms with van der Waals surface area (Å²) >= 11 is 0. The number of halogens is 2. The number of aryl methyl sites for hydroxylation is 1. The highest BCUT2D eigenvalue weighted by Crippen LogP contribution is 2.42. The first-order valence-corrected chi connectivity index (χ1v) is 7.21. The number of amides is 1. The largest absolute Gasteiger partial charge is 0.586 e. The van der Waals surface area contributed by atoms with Gasteiger partial charge in [0, 0.05) is 28.4 Å². The number of H-pyrrole nitrogens is 1. The van der Waals surface area contributed by atoms with Crippen LogP contribution in [0.2, 0.25) is 0 Å². The van der Waals surface area contributed by atoms with Crippen molar-refractivity contribution in [1.29, 1.82) is 0 Å². The fourth-order valence-electron chi connectivity index (χ4n) is 2.79. The van der Waals surface area contributed by atoms with Crippen LogP contribution in [0.3, 0.4) is 0 Å². The molecule has 3 aromatic rings. The van der Waals surface area contributed by atoms with Gasteiger partial charge in [-0.2, -0.15) is 0 Å². The van der Waals surface area contributed by atoms with Gasteiger partial charge in [0.1, 0.15) is 0 Å². The molecule has 0 saturated heterocycles. The van der Waals surface area contributed by atoms with Crippen molar-refractivity contribution in [3.05, 3.63) is 53.7 Å². The van der Waals surface area contributed by atoms with Crippen LogP contribution in [0.15, 0.2) is 42.5 Å². The van der Waals surface area contributed by atoms with Crippen LogP contribution in [-0.4, -0.2) is 17.2 Å². The van der Waals surface area contributed by atoms with E-state index in [9.17, 15) is 13.6 Å². The van der Waals surface area contributed by atoms with E-state index < -0.39 is 6.29 Å². The van der Waals surface area contributed by atoms with Crippen LogP contribution in [0.4, 0.5) is 14.5 Å². The Morgan fingerprint density at radius 2 is 1.88 bits per heavy atom. The van der Waals surface area contributed by atoms with E-state index in [0.717, 1.165) is 16.6 Å². The predicted molar refractivity (Wildman–Crippen MR) is 83.6 cm³/mol. The van der Waals surface area contributed by atoms with Gasteiger partial charge in [0.25, 0.3) is 5.91 Å². The standard InChI is InChI=1S/C17H12F2N2O3/c1-9-15(11-4-2-3-5-12(11)20-9)16(22)21-10-6-7-13-14(8-10)24-17(18,19)23-13/h2-8,20H,1H3,(H,21,22). The molecule has 0 saturated carbocycles. The summed E-state index contributed by atoms with van der Waals surface area (Å²) in [5.74, 6) is -0.523. The van der Waals surface area contributed by atoms with E-state index >= 15 is 0 Å². The van der Waals surface area contributed by atoms with Gasteiger partial charge in [-0.3, -0.25) is 4.79 Å². The van der Waals surface area contributed by atoms with Crippen molar-refractivity contribution >= 4 is 22.5 Å². The van der Waals surface area contributed by atoms with Crippen molar-refractivity contribution in [3.8, 4) is 11.5 Å². The number of fused-ring (bicyclic) bond motifs is 2. The summed E-state index contributed by atoms with van der Waals surface area (Å²) in [4.78, 5) is 15.7. The van der Waals surface area contributed by atoms with E-state index in [1.165, 1.54) is 18.2 Å². The zero-order valence-electron chi connectivity index (χ0n) is 12.5. The molecule has 0 spiro atoms. The van der Waals surface area contributed by atoms with Crippen LogP contribution < -0.4 is 14.8 Å². The number of carbonyl (C=O) groups excluding carboxylic acids is 1.